The van der Waals surface area contributed by atoms with Gasteiger partial charge < -0.3 is 5.11 Å². The summed E-state index contributed by atoms with van der Waals surface area (Å²) in [5, 5.41) is 10.2. The van der Waals surface area contributed by atoms with Crippen LogP contribution in [-0.4, -0.2) is 10.9 Å². The lowest BCUT2D eigenvalue weighted by Gasteiger charge is -2.18. The van der Waals surface area contributed by atoms with E-state index < -0.39 is 6.10 Å². The highest BCUT2D eigenvalue weighted by molar-refractivity contribution is 5.81. The van der Waals surface area contributed by atoms with Crippen LogP contribution in [0.5, 0.6) is 0 Å². The third kappa shape index (κ3) is 3.40. The number of carbonyl (C=O) groups is 1. The van der Waals surface area contributed by atoms with Crippen molar-refractivity contribution in [3.63, 3.8) is 0 Å². The van der Waals surface area contributed by atoms with Gasteiger partial charge >= 0.3 is 0 Å². The van der Waals surface area contributed by atoms with Gasteiger partial charge in [0, 0.05) is 12.3 Å². The Morgan fingerprint density at radius 2 is 1.94 bits per heavy atom. The molecule has 1 rings (SSSR count). The molecule has 0 aliphatic rings. The summed E-state index contributed by atoms with van der Waals surface area (Å²) in [4.78, 5) is 11.7. The smallest absolute Gasteiger partial charge is 0.138 e. The van der Waals surface area contributed by atoms with Crippen molar-refractivity contribution in [3.05, 3.63) is 34.9 Å². The first kappa shape index (κ1) is 13.9. The molecule has 0 saturated carbocycles. The maximum atomic E-state index is 11.7. The normalized spacial score (nSPS) is 14.4. The number of Topliss-reactive ketones (excluding diaryl/α,β-unsaturated/α-hetero) is 1. The zero-order valence-electron chi connectivity index (χ0n) is 11.2. The van der Waals surface area contributed by atoms with Crippen molar-refractivity contribution in [3.8, 4) is 0 Å². The zero-order valence-corrected chi connectivity index (χ0v) is 11.2. The molecule has 0 aliphatic heterocycles. The molecule has 1 N–H and O–H groups in total. The lowest BCUT2D eigenvalue weighted by molar-refractivity contribution is -0.125. The van der Waals surface area contributed by atoms with E-state index in [1.165, 1.54) is 5.56 Å². The van der Waals surface area contributed by atoms with Crippen LogP contribution in [0, 0.1) is 19.8 Å². The molecule has 94 valence electrons. The van der Waals surface area contributed by atoms with E-state index in [1.807, 2.05) is 39.0 Å². The van der Waals surface area contributed by atoms with Crippen molar-refractivity contribution in [2.45, 2.75) is 46.6 Å². The second kappa shape index (κ2) is 5.97. The molecule has 0 heterocycles. The SMILES string of the molecule is CCCC(=O)C(C)C(O)c1ccc(C)c(C)c1. The monoisotopic (exact) mass is 234 g/mol. The molecule has 2 atom stereocenters. The first-order chi connectivity index (χ1) is 7.97. The highest BCUT2D eigenvalue weighted by Crippen LogP contribution is 2.25. The van der Waals surface area contributed by atoms with Gasteiger partial charge in [-0.1, -0.05) is 32.0 Å². The lowest BCUT2D eigenvalue weighted by Crippen LogP contribution is -2.19. The van der Waals surface area contributed by atoms with Gasteiger partial charge in [0.2, 0.25) is 0 Å². The molecule has 0 spiro atoms. The standard InChI is InChI=1S/C15H22O2/c1-5-6-14(16)12(4)15(17)13-8-7-10(2)11(3)9-13/h7-9,12,15,17H,5-6H2,1-4H3. The molecule has 17 heavy (non-hydrogen) atoms. The number of aliphatic hydroxyl groups is 1. The highest BCUT2D eigenvalue weighted by atomic mass is 16.3. The molecule has 0 aromatic heterocycles. The van der Waals surface area contributed by atoms with Crippen LogP contribution < -0.4 is 0 Å². The van der Waals surface area contributed by atoms with E-state index in [-0.39, 0.29) is 11.7 Å². The second-order valence-electron chi connectivity index (χ2n) is 4.79. The predicted octanol–water partition coefficient (Wildman–Crippen LogP) is 3.34. The molecule has 0 saturated heterocycles. The van der Waals surface area contributed by atoms with Crippen LogP contribution in [0.1, 0.15) is 49.5 Å². The largest absolute Gasteiger partial charge is 0.388 e. The van der Waals surface area contributed by atoms with Gasteiger partial charge in [-0.2, -0.15) is 0 Å². The van der Waals surface area contributed by atoms with Crippen LogP contribution in [-0.2, 0) is 4.79 Å². The Hall–Kier alpha value is -1.15. The van der Waals surface area contributed by atoms with E-state index >= 15 is 0 Å². The van der Waals surface area contributed by atoms with E-state index in [0.29, 0.717) is 6.42 Å². The van der Waals surface area contributed by atoms with Crippen LogP contribution in [0.15, 0.2) is 18.2 Å². The molecule has 1 aromatic rings. The number of hydrogen-bond donors (Lipinski definition) is 1. The molecule has 2 nitrogen and oxygen atoms in total. The first-order valence-corrected chi connectivity index (χ1v) is 6.25. The predicted molar refractivity (Wildman–Crippen MR) is 70.0 cm³/mol. The summed E-state index contributed by atoms with van der Waals surface area (Å²) >= 11 is 0. The van der Waals surface area contributed by atoms with Crippen molar-refractivity contribution in [1.82, 2.24) is 0 Å². The Morgan fingerprint density at radius 1 is 1.29 bits per heavy atom. The molecule has 2 unspecified atom stereocenters. The molecule has 0 radical (unpaired) electrons. The molecule has 0 bridgehead atoms. The Labute approximate surface area is 104 Å². The molecule has 1 aromatic carbocycles. The zero-order chi connectivity index (χ0) is 13.0. The Balaban J connectivity index is 2.84. The van der Waals surface area contributed by atoms with Gasteiger partial charge in [-0.3, -0.25) is 4.79 Å². The number of hydrogen-bond acceptors (Lipinski definition) is 2. The van der Waals surface area contributed by atoms with Crippen molar-refractivity contribution in [2.24, 2.45) is 5.92 Å². The third-order valence-corrected chi connectivity index (χ3v) is 3.35. The van der Waals surface area contributed by atoms with E-state index in [0.717, 1.165) is 17.5 Å². The van der Waals surface area contributed by atoms with Crippen molar-refractivity contribution in [1.29, 1.82) is 0 Å². The molecule has 2 heteroatoms. The minimum atomic E-state index is -0.687. The topological polar surface area (TPSA) is 37.3 Å². The van der Waals surface area contributed by atoms with Crippen molar-refractivity contribution in [2.75, 3.05) is 0 Å². The fourth-order valence-electron chi connectivity index (χ4n) is 1.89. The summed E-state index contributed by atoms with van der Waals surface area (Å²) in [7, 11) is 0. The minimum absolute atomic E-state index is 0.137. The third-order valence-electron chi connectivity index (χ3n) is 3.35. The van der Waals surface area contributed by atoms with Crippen LogP contribution in [0.3, 0.4) is 0 Å². The average Bonchev–Trinajstić information content (AvgIpc) is 2.31. The van der Waals surface area contributed by atoms with Gasteiger partial charge in [-0.05, 0) is 37.0 Å². The van der Waals surface area contributed by atoms with Crippen LogP contribution in [0.2, 0.25) is 0 Å². The highest BCUT2D eigenvalue weighted by Gasteiger charge is 2.22. The summed E-state index contributed by atoms with van der Waals surface area (Å²) in [5.74, 6) is -0.185. The first-order valence-electron chi connectivity index (χ1n) is 6.25. The van der Waals surface area contributed by atoms with Crippen molar-refractivity contribution < 1.29 is 9.90 Å². The Kier molecular flexibility index (Phi) is 4.88. The fourth-order valence-corrected chi connectivity index (χ4v) is 1.89. The molecular weight excluding hydrogens is 212 g/mol. The van der Waals surface area contributed by atoms with E-state index in [1.54, 1.807) is 6.92 Å². The van der Waals surface area contributed by atoms with Gasteiger partial charge in [0.1, 0.15) is 5.78 Å². The second-order valence-corrected chi connectivity index (χ2v) is 4.79. The average molecular weight is 234 g/mol. The van der Waals surface area contributed by atoms with E-state index in [2.05, 4.69) is 0 Å². The summed E-state index contributed by atoms with van der Waals surface area (Å²) in [5.41, 5.74) is 3.19. The number of carbonyl (C=O) groups excluding carboxylic acids is 1. The molecule has 0 fully saturated rings. The summed E-state index contributed by atoms with van der Waals surface area (Å²) < 4.78 is 0. The molecular formula is C15H22O2. The Morgan fingerprint density at radius 3 is 2.47 bits per heavy atom. The number of ketones is 1. The van der Waals surface area contributed by atoms with Crippen LogP contribution >= 0.6 is 0 Å². The van der Waals surface area contributed by atoms with Gasteiger partial charge in [-0.15, -0.1) is 0 Å². The quantitative estimate of drug-likeness (QED) is 0.848. The van der Waals surface area contributed by atoms with Crippen molar-refractivity contribution >= 4 is 5.78 Å². The van der Waals surface area contributed by atoms with Crippen LogP contribution in [0.25, 0.3) is 0 Å². The minimum Gasteiger partial charge on any atom is -0.388 e. The van der Waals surface area contributed by atoms with Gasteiger partial charge in [0.25, 0.3) is 0 Å². The van der Waals surface area contributed by atoms with E-state index in [4.69, 9.17) is 0 Å². The van der Waals surface area contributed by atoms with Gasteiger partial charge in [0.15, 0.2) is 0 Å². The lowest BCUT2D eigenvalue weighted by atomic mass is 9.90. The maximum absolute atomic E-state index is 11.7. The summed E-state index contributed by atoms with van der Waals surface area (Å²) in [6.07, 6.45) is 0.694. The molecule has 0 amide bonds. The number of aryl methyl sites for hydroxylation is 2. The van der Waals surface area contributed by atoms with Gasteiger partial charge in [0.05, 0.1) is 6.10 Å². The van der Waals surface area contributed by atoms with Gasteiger partial charge in [-0.25, -0.2) is 0 Å². The Bertz CT molecular complexity index is 396. The molecule has 0 aliphatic carbocycles. The number of benzene rings is 1. The fraction of sp³-hybridized carbons (Fsp3) is 0.533. The summed E-state index contributed by atoms with van der Waals surface area (Å²) in [6, 6.07) is 5.86. The number of rotatable bonds is 5. The van der Waals surface area contributed by atoms with Crippen LogP contribution in [0.4, 0.5) is 0 Å². The number of aliphatic hydroxyl groups excluding tert-OH is 1. The summed E-state index contributed by atoms with van der Waals surface area (Å²) in [6.45, 7) is 7.84. The van der Waals surface area contributed by atoms with E-state index in [9.17, 15) is 9.90 Å². The maximum Gasteiger partial charge on any atom is 0.138 e.